The lowest BCUT2D eigenvalue weighted by atomic mass is 9.90. The predicted molar refractivity (Wildman–Crippen MR) is 112 cm³/mol. The second-order valence-electron chi connectivity index (χ2n) is 8.23. The van der Waals surface area contributed by atoms with E-state index in [-0.39, 0.29) is 0 Å². The Balaban J connectivity index is 1.56. The number of hydrogen-bond acceptors (Lipinski definition) is 3. The molecule has 146 valence electrons. The Hall–Kier alpha value is -1.65. The van der Waals surface area contributed by atoms with Gasteiger partial charge in [-0.3, -0.25) is 0 Å². The van der Waals surface area contributed by atoms with E-state index in [2.05, 4.69) is 35.2 Å². The number of benzene rings is 2. The highest BCUT2D eigenvalue weighted by atomic mass is 32.2. The quantitative estimate of drug-likeness (QED) is 0.680. The Morgan fingerprint density at radius 3 is 2.30 bits per heavy atom. The Morgan fingerprint density at radius 2 is 1.63 bits per heavy atom. The highest BCUT2D eigenvalue weighted by molar-refractivity contribution is 7.92. The number of likely N-dealkylation sites (tertiary alicyclic amines) is 1. The van der Waals surface area contributed by atoms with E-state index >= 15 is 0 Å². The molecule has 3 rings (SSSR count). The predicted octanol–water partition coefficient (Wildman–Crippen LogP) is 4.90. The van der Waals surface area contributed by atoms with Crippen LogP contribution in [0.4, 0.5) is 0 Å². The molecular formula is C23H31NO2S. The fraction of sp³-hybridized carbons (Fsp3) is 0.478. The third-order valence-corrected chi connectivity index (χ3v) is 8.36. The van der Waals surface area contributed by atoms with Crippen molar-refractivity contribution in [1.29, 1.82) is 0 Å². The molecule has 0 spiro atoms. The first-order valence-electron chi connectivity index (χ1n) is 9.97. The van der Waals surface area contributed by atoms with Crippen molar-refractivity contribution in [2.24, 2.45) is 0 Å². The summed E-state index contributed by atoms with van der Waals surface area (Å²) in [7, 11) is -3.31. The molecule has 0 aliphatic carbocycles. The van der Waals surface area contributed by atoms with Gasteiger partial charge in [0.15, 0.2) is 9.84 Å². The topological polar surface area (TPSA) is 37.4 Å². The minimum atomic E-state index is -3.31. The van der Waals surface area contributed by atoms with Crippen molar-refractivity contribution < 1.29 is 8.42 Å². The number of rotatable bonds is 7. The molecule has 1 saturated heterocycles. The van der Waals surface area contributed by atoms with Crippen molar-refractivity contribution in [3.8, 4) is 0 Å². The normalized spacial score (nSPS) is 19.1. The van der Waals surface area contributed by atoms with Crippen molar-refractivity contribution in [3.05, 3.63) is 66.2 Å². The maximum absolute atomic E-state index is 13.0. The lowest BCUT2D eigenvalue weighted by Gasteiger charge is -2.34. The molecule has 0 saturated carbocycles. The molecule has 1 aliphatic heterocycles. The van der Waals surface area contributed by atoms with Crippen molar-refractivity contribution in [3.63, 3.8) is 0 Å². The average Bonchev–Trinajstić information content (AvgIpc) is 2.69. The first-order chi connectivity index (χ1) is 12.9. The zero-order chi connectivity index (χ0) is 19.3. The zero-order valence-electron chi connectivity index (χ0n) is 16.5. The van der Waals surface area contributed by atoms with Crippen molar-refractivity contribution >= 4 is 9.84 Å². The Morgan fingerprint density at radius 1 is 1.00 bits per heavy atom. The first kappa shape index (κ1) is 20.1. The summed E-state index contributed by atoms with van der Waals surface area (Å²) in [6.45, 7) is 6.89. The second kappa shape index (κ2) is 8.57. The van der Waals surface area contributed by atoms with Crippen molar-refractivity contribution in [1.82, 2.24) is 4.90 Å². The number of hydrogen-bond donors (Lipinski definition) is 0. The molecule has 1 atom stereocenters. The molecule has 0 amide bonds. The second-order valence-corrected chi connectivity index (χ2v) is 10.8. The van der Waals surface area contributed by atoms with Crippen LogP contribution < -0.4 is 0 Å². The van der Waals surface area contributed by atoms with Crippen molar-refractivity contribution in [2.75, 3.05) is 19.6 Å². The van der Waals surface area contributed by atoms with Gasteiger partial charge in [-0.05, 0) is 76.2 Å². The van der Waals surface area contributed by atoms with Gasteiger partial charge in [0.2, 0.25) is 0 Å². The fourth-order valence-corrected chi connectivity index (χ4v) is 5.60. The maximum Gasteiger partial charge on any atom is 0.183 e. The lowest BCUT2D eigenvalue weighted by Crippen LogP contribution is -2.37. The summed E-state index contributed by atoms with van der Waals surface area (Å²) in [5.41, 5.74) is 1.43. The molecule has 0 radical (unpaired) electrons. The van der Waals surface area contributed by atoms with Gasteiger partial charge in [0.25, 0.3) is 0 Å². The lowest BCUT2D eigenvalue weighted by molar-refractivity contribution is 0.202. The van der Waals surface area contributed by atoms with E-state index in [0.717, 1.165) is 26.1 Å². The van der Waals surface area contributed by atoms with E-state index in [4.69, 9.17) is 0 Å². The van der Waals surface area contributed by atoms with Gasteiger partial charge in [-0.1, -0.05) is 48.5 Å². The van der Waals surface area contributed by atoms with Gasteiger partial charge < -0.3 is 4.90 Å². The highest BCUT2D eigenvalue weighted by Crippen LogP contribution is 2.31. The number of nitrogens with zero attached hydrogens (tertiary/aromatic N) is 1. The molecule has 1 fully saturated rings. The molecule has 0 N–H and O–H groups in total. The summed E-state index contributed by atoms with van der Waals surface area (Å²) in [5, 5.41) is 0. The minimum Gasteiger partial charge on any atom is -0.303 e. The Labute approximate surface area is 164 Å². The maximum atomic E-state index is 13.0. The third kappa shape index (κ3) is 4.80. The van der Waals surface area contributed by atoms with Crippen LogP contribution in [0, 0.1) is 0 Å². The summed E-state index contributed by atoms with van der Waals surface area (Å²) in [5.74, 6) is 0.598. The molecule has 2 aromatic rings. The van der Waals surface area contributed by atoms with Crippen LogP contribution in [0.3, 0.4) is 0 Å². The molecule has 3 nitrogen and oxygen atoms in total. The summed E-state index contributed by atoms with van der Waals surface area (Å²) in [6.07, 6.45) is 4.04. The SMILES string of the molecule is CC(C)(CCCN1CCCC(c2ccccc2)C1)S(=O)(=O)c1ccccc1. The minimum absolute atomic E-state index is 0.428. The van der Waals surface area contributed by atoms with Gasteiger partial charge in [-0.2, -0.15) is 0 Å². The summed E-state index contributed by atoms with van der Waals surface area (Å²) in [4.78, 5) is 2.93. The number of sulfone groups is 1. The Kier molecular flexibility index (Phi) is 6.38. The van der Waals surface area contributed by atoms with Crippen LogP contribution in [0.5, 0.6) is 0 Å². The van der Waals surface area contributed by atoms with Crippen LogP contribution in [0.25, 0.3) is 0 Å². The average molecular weight is 386 g/mol. The summed E-state index contributed by atoms with van der Waals surface area (Å²) < 4.78 is 25.2. The van der Waals surface area contributed by atoms with Gasteiger partial charge in [0.1, 0.15) is 0 Å². The van der Waals surface area contributed by atoms with Gasteiger partial charge in [0.05, 0.1) is 9.64 Å². The van der Waals surface area contributed by atoms with E-state index in [0.29, 0.717) is 17.2 Å². The van der Waals surface area contributed by atoms with Crippen LogP contribution in [-0.2, 0) is 9.84 Å². The van der Waals surface area contributed by atoms with E-state index in [1.807, 2.05) is 19.9 Å². The molecule has 4 heteroatoms. The van der Waals surface area contributed by atoms with Crippen LogP contribution in [0.1, 0.15) is 51.0 Å². The van der Waals surface area contributed by atoms with Gasteiger partial charge >= 0.3 is 0 Å². The molecule has 2 aromatic carbocycles. The van der Waals surface area contributed by atoms with Crippen molar-refractivity contribution in [2.45, 2.75) is 55.1 Å². The van der Waals surface area contributed by atoms with E-state index in [1.54, 1.807) is 24.3 Å². The van der Waals surface area contributed by atoms with E-state index in [9.17, 15) is 8.42 Å². The molecule has 1 aliphatic rings. The van der Waals surface area contributed by atoms with E-state index < -0.39 is 14.6 Å². The van der Waals surface area contributed by atoms with Gasteiger partial charge in [0, 0.05) is 6.54 Å². The molecular weight excluding hydrogens is 354 g/mol. The number of piperidine rings is 1. The fourth-order valence-electron chi connectivity index (χ4n) is 4.04. The smallest absolute Gasteiger partial charge is 0.183 e. The monoisotopic (exact) mass is 385 g/mol. The molecule has 27 heavy (non-hydrogen) atoms. The van der Waals surface area contributed by atoms with Crippen LogP contribution in [0.2, 0.25) is 0 Å². The van der Waals surface area contributed by atoms with Gasteiger partial charge in [-0.15, -0.1) is 0 Å². The summed E-state index contributed by atoms with van der Waals surface area (Å²) in [6, 6.07) is 19.6. The van der Waals surface area contributed by atoms with E-state index in [1.165, 1.54) is 18.4 Å². The zero-order valence-corrected chi connectivity index (χ0v) is 17.3. The first-order valence-corrected chi connectivity index (χ1v) is 11.5. The summed E-state index contributed by atoms with van der Waals surface area (Å²) >= 11 is 0. The Bertz CT molecular complexity index is 816. The highest BCUT2D eigenvalue weighted by Gasteiger charge is 2.35. The molecule has 0 aromatic heterocycles. The van der Waals surface area contributed by atoms with Crippen LogP contribution in [0.15, 0.2) is 65.6 Å². The van der Waals surface area contributed by atoms with Gasteiger partial charge in [-0.25, -0.2) is 8.42 Å². The molecule has 0 bridgehead atoms. The van der Waals surface area contributed by atoms with Crippen LogP contribution in [-0.4, -0.2) is 37.7 Å². The molecule has 1 heterocycles. The van der Waals surface area contributed by atoms with Crippen LogP contribution >= 0.6 is 0 Å². The molecule has 1 unspecified atom stereocenters. The standard InChI is InChI=1S/C23H31NO2S/c1-23(2,27(25,26)22-14-7-4-8-15-22)16-10-18-24-17-9-13-21(19-24)20-11-5-3-6-12-20/h3-8,11-12,14-15,21H,9-10,13,16-19H2,1-2H3. The largest absolute Gasteiger partial charge is 0.303 e. The third-order valence-electron chi connectivity index (χ3n) is 5.81.